The van der Waals surface area contributed by atoms with Crippen molar-refractivity contribution in [1.29, 1.82) is 0 Å². The van der Waals surface area contributed by atoms with E-state index >= 15 is 0 Å². The molecule has 1 heterocycles. The van der Waals surface area contributed by atoms with E-state index in [1.807, 2.05) is 37.3 Å². The van der Waals surface area contributed by atoms with Gasteiger partial charge in [-0.1, -0.05) is 30.3 Å². The van der Waals surface area contributed by atoms with E-state index in [1.165, 1.54) is 0 Å². The number of likely N-dealkylation sites (tertiary alicyclic amines) is 1. The summed E-state index contributed by atoms with van der Waals surface area (Å²) in [6, 6.07) is 9.29. The van der Waals surface area contributed by atoms with E-state index in [9.17, 15) is 9.59 Å². The van der Waals surface area contributed by atoms with Gasteiger partial charge < -0.3 is 5.32 Å². The normalized spacial score (nSPS) is 23.3. The molecule has 0 aromatic heterocycles. The average Bonchev–Trinajstić information content (AvgIpc) is 2.81. The van der Waals surface area contributed by atoms with Gasteiger partial charge in [-0.05, 0) is 19.9 Å². The molecule has 1 aliphatic heterocycles. The van der Waals surface area contributed by atoms with Crippen LogP contribution in [0.25, 0.3) is 0 Å². The highest BCUT2D eigenvalue weighted by atomic mass is 16.2. The van der Waals surface area contributed by atoms with Crippen molar-refractivity contribution in [1.82, 2.24) is 10.2 Å². The molecule has 102 valence electrons. The van der Waals surface area contributed by atoms with Crippen LogP contribution >= 0.6 is 0 Å². The van der Waals surface area contributed by atoms with Crippen LogP contribution in [0.3, 0.4) is 0 Å². The summed E-state index contributed by atoms with van der Waals surface area (Å²) in [5, 5.41) is 2.70. The second kappa shape index (κ2) is 5.53. The quantitative estimate of drug-likeness (QED) is 0.831. The molecular formula is C15H20N2O2. The number of hydrogen-bond donors (Lipinski definition) is 1. The minimum atomic E-state index is -0.369. The number of Topliss-reactive ketones (excluding diaryl/α,β-unsaturated/α-hetero) is 1. The number of hydrogen-bond acceptors (Lipinski definition) is 3. The molecule has 4 heteroatoms. The molecule has 1 saturated heterocycles. The fourth-order valence-electron chi connectivity index (χ4n) is 2.60. The zero-order chi connectivity index (χ0) is 13.9. The summed E-state index contributed by atoms with van der Waals surface area (Å²) in [6.45, 7) is 3.78. The van der Waals surface area contributed by atoms with E-state index in [-0.39, 0.29) is 17.1 Å². The SMILES string of the molecule is CNC(=O)C1(C)CCN(CC(=O)c2ccccc2)C1. The van der Waals surface area contributed by atoms with Gasteiger partial charge in [-0.25, -0.2) is 0 Å². The van der Waals surface area contributed by atoms with Crippen molar-refractivity contribution < 1.29 is 9.59 Å². The van der Waals surface area contributed by atoms with Crippen LogP contribution in [0.15, 0.2) is 30.3 Å². The number of rotatable bonds is 4. The summed E-state index contributed by atoms with van der Waals surface area (Å²) < 4.78 is 0. The first-order valence-corrected chi connectivity index (χ1v) is 6.58. The van der Waals surface area contributed by atoms with Gasteiger partial charge in [-0.15, -0.1) is 0 Å². The number of carbonyl (C=O) groups is 2. The maximum absolute atomic E-state index is 12.1. The molecule has 1 aliphatic rings. The number of carbonyl (C=O) groups excluding carboxylic acids is 2. The van der Waals surface area contributed by atoms with Gasteiger partial charge in [-0.3, -0.25) is 14.5 Å². The third-order valence-corrected chi connectivity index (χ3v) is 3.79. The Balaban J connectivity index is 1.96. The first-order chi connectivity index (χ1) is 9.05. The van der Waals surface area contributed by atoms with Gasteiger partial charge in [0.2, 0.25) is 5.91 Å². The predicted octanol–water partition coefficient (Wildman–Crippen LogP) is 1.33. The molecule has 1 aromatic carbocycles. The van der Waals surface area contributed by atoms with Crippen LogP contribution in [0, 0.1) is 5.41 Å². The van der Waals surface area contributed by atoms with Gasteiger partial charge in [-0.2, -0.15) is 0 Å². The summed E-state index contributed by atoms with van der Waals surface area (Å²) in [5.41, 5.74) is 0.363. The van der Waals surface area contributed by atoms with Crippen LogP contribution in [-0.2, 0) is 4.79 Å². The minimum Gasteiger partial charge on any atom is -0.359 e. The van der Waals surface area contributed by atoms with Gasteiger partial charge in [0.1, 0.15) is 0 Å². The van der Waals surface area contributed by atoms with Crippen molar-refractivity contribution in [3.8, 4) is 0 Å². The average molecular weight is 260 g/mol. The van der Waals surface area contributed by atoms with Crippen molar-refractivity contribution in [2.45, 2.75) is 13.3 Å². The summed E-state index contributed by atoms with van der Waals surface area (Å²) in [4.78, 5) is 26.0. The summed E-state index contributed by atoms with van der Waals surface area (Å²) in [5.74, 6) is 0.170. The molecule has 1 N–H and O–H groups in total. The number of nitrogens with one attached hydrogen (secondary N) is 1. The van der Waals surface area contributed by atoms with Crippen molar-refractivity contribution in [3.05, 3.63) is 35.9 Å². The van der Waals surface area contributed by atoms with Crippen LogP contribution in [0.4, 0.5) is 0 Å². The Labute approximate surface area is 113 Å². The van der Waals surface area contributed by atoms with E-state index in [1.54, 1.807) is 7.05 Å². The zero-order valence-corrected chi connectivity index (χ0v) is 11.5. The Morgan fingerprint density at radius 1 is 1.32 bits per heavy atom. The fraction of sp³-hybridized carbons (Fsp3) is 0.467. The molecule has 2 rings (SSSR count). The second-order valence-electron chi connectivity index (χ2n) is 5.39. The Morgan fingerprint density at radius 3 is 2.63 bits per heavy atom. The van der Waals surface area contributed by atoms with Crippen LogP contribution in [0.1, 0.15) is 23.7 Å². The molecule has 0 aliphatic carbocycles. The lowest BCUT2D eigenvalue weighted by molar-refractivity contribution is -0.129. The molecule has 0 saturated carbocycles. The van der Waals surface area contributed by atoms with Crippen LogP contribution < -0.4 is 5.32 Å². The van der Waals surface area contributed by atoms with Crippen LogP contribution in [0.5, 0.6) is 0 Å². The summed E-state index contributed by atoms with van der Waals surface area (Å²) >= 11 is 0. The molecule has 1 atom stereocenters. The predicted molar refractivity (Wildman–Crippen MR) is 74.0 cm³/mol. The van der Waals surface area contributed by atoms with Gasteiger partial charge in [0.25, 0.3) is 0 Å². The lowest BCUT2D eigenvalue weighted by atomic mass is 9.89. The van der Waals surface area contributed by atoms with E-state index in [4.69, 9.17) is 0 Å². The Morgan fingerprint density at radius 2 is 2.00 bits per heavy atom. The van der Waals surface area contributed by atoms with Crippen molar-refractivity contribution in [2.75, 3.05) is 26.7 Å². The summed E-state index contributed by atoms with van der Waals surface area (Å²) in [6.07, 6.45) is 0.800. The highest BCUT2D eigenvalue weighted by Crippen LogP contribution is 2.29. The molecule has 0 radical (unpaired) electrons. The molecule has 1 fully saturated rings. The summed E-state index contributed by atoms with van der Waals surface area (Å²) in [7, 11) is 1.66. The lowest BCUT2D eigenvalue weighted by Crippen LogP contribution is -2.40. The van der Waals surface area contributed by atoms with Gasteiger partial charge in [0.15, 0.2) is 5.78 Å². The monoisotopic (exact) mass is 260 g/mol. The van der Waals surface area contributed by atoms with Crippen molar-refractivity contribution >= 4 is 11.7 Å². The Hall–Kier alpha value is -1.68. The van der Waals surface area contributed by atoms with Crippen LogP contribution in [-0.4, -0.2) is 43.3 Å². The highest BCUT2D eigenvalue weighted by Gasteiger charge is 2.40. The molecule has 0 bridgehead atoms. The maximum atomic E-state index is 12.1. The third kappa shape index (κ3) is 3.01. The largest absolute Gasteiger partial charge is 0.359 e. The number of benzene rings is 1. The van der Waals surface area contributed by atoms with Gasteiger partial charge in [0, 0.05) is 19.2 Å². The van der Waals surface area contributed by atoms with Crippen molar-refractivity contribution in [2.24, 2.45) is 5.41 Å². The Bertz CT molecular complexity index is 472. The second-order valence-corrected chi connectivity index (χ2v) is 5.39. The van der Waals surface area contributed by atoms with E-state index in [0.29, 0.717) is 13.1 Å². The highest BCUT2D eigenvalue weighted by molar-refractivity contribution is 5.97. The van der Waals surface area contributed by atoms with E-state index < -0.39 is 0 Å². The first kappa shape index (κ1) is 13.7. The van der Waals surface area contributed by atoms with E-state index in [2.05, 4.69) is 10.2 Å². The molecule has 0 spiro atoms. The fourth-order valence-corrected chi connectivity index (χ4v) is 2.60. The number of ketones is 1. The van der Waals surface area contributed by atoms with Gasteiger partial charge in [0.05, 0.1) is 12.0 Å². The van der Waals surface area contributed by atoms with Gasteiger partial charge >= 0.3 is 0 Å². The molecular weight excluding hydrogens is 240 g/mol. The molecule has 1 unspecified atom stereocenters. The Kier molecular flexibility index (Phi) is 4.00. The standard InChI is InChI=1S/C15H20N2O2/c1-15(14(19)16-2)8-9-17(11-15)10-13(18)12-6-4-3-5-7-12/h3-7H,8-11H2,1-2H3,(H,16,19). The smallest absolute Gasteiger partial charge is 0.227 e. The molecule has 1 aromatic rings. The topological polar surface area (TPSA) is 49.4 Å². The lowest BCUT2D eigenvalue weighted by Gasteiger charge is -2.22. The maximum Gasteiger partial charge on any atom is 0.227 e. The minimum absolute atomic E-state index is 0.0576. The molecule has 19 heavy (non-hydrogen) atoms. The third-order valence-electron chi connectivity index (χ3n) is 3.79. The van der Waals surface area contributed by atoms with Crippen molar-refractivity contribution in [3.63, 3.8) is 0 Å². The molecule has 4 nitrogen and oxygen atoms in total. The molecule has 1 amide bonds. The number of nitrogens with zero attached hydrogens (tertiary/aromatic N) is 1. The first-order valence-electron chi connectivity index (χ1n) is 6.58. The van der Waals surface area contributed by atoms with Crippen LogP contribution in [0.2, 0.25) is 0 Å². The number of amides is 1. The zero-order valence-electron chi connectivity index (χ0n) is 11.5. The van der Waals surface area contributed by atoms with E-state index in [0.717, 1.165) is 18.5 Å².